The zero-order chi connectivity index (χ0) is 20.0. The van der Waals surface area contributed by atoms with Crippen molar-refractivity contribution in [1.82, 2.24) is 9.21 Å². The van der Waals surface area contributed by atoms with Gasteiger partial charge in [0.1, 0.15) is 0 Å². The van der Waals surface area contributed by atoms with Crippen LogP contribution in [0.5, 0.6) is 0 Å². The Bertz CT molecular complexity index is 764. The van der Waals surface area contributed by atoms with Gasteiger partial charge >= 0.3 is 5.97 Å². The van der Waals surface area contributed by atoms with Crippen molar-refractivity contribution >= 4 is 21.9 Å². The van der Waals surface area contributed by atoms with Gasteiger partial charge in [0.05, 0.1) is 10.5 Å². The summed E-state index contributed by atoms with van der Waals surface area (Å²) in [5.41, 5.74) is -0.229. The number of aromatic carboxylic acids is 1. The molecule has 0 unspecified atom stereocenters. The van der Waals surface area contributed by atoms with Crippen LogP contribution < -0.4 is 0 Å². The first kappa shape index (κ1) is 21.4. The van der Waals surface area contributed by atoms with Crippen LogP contribution in [-0.4, -0.2) is 60.8 Å². The van der Waals surface area contributed by atoms with E-state index in [1.165, 1.54) is 28.6 Å². The molecule has 1 N–H and O–H groups in total. The highest BCUT2D eigenvalue weighted by Crippen LogP contribution is 2.27. The second kappa shape index (κ2) is 9.32. The van der Waals surface area contributed by atoms with E-state index in [2.05, 4.69) is 0 Å². The monoisotopic (exact) mass is 396 g/mol. The molecule has 1 aliphatic heterocycles. The molecule has 0 saturated carbocycles. The summed E-state index contributed by atoms with van der Waals surface area (Å²) in [4.78, 5) is 25.8. The van der Waals surface area contributed by atoms with Gasteiger partial charge in [0, 0.05) is 32.1 Å². The van der Waals surface area contributed by atoms with Gasteiger partial charge in [-0.05, 0) is 37.8 Å². The molecule has 150 valence electrons. The van der Waals surface area contributed by atoms with Gasteiger partial charge in [-0.1, -0.05) is 26.0 Å². The fourth-order valence-corrected chi connectivity index (χ4v) is 5.13. The molecule has 2 rings (SSSR count). The lowest BCUT2D eigenvalue weighted by molar-refractivity contribution is -0.136. The van der Waals surface area contributed by atoms with Crippen molar-refractivity contribution in [2.45, 2.75) is 44.4 Å². The van der Waals surface area contributed by atoms with Crippen molar-refractivity contribution in [3.63, 3.8) is 0 Å². The molecule has 0 bridgehead atoms. The number of carbonyl (C=O) groups is 2. The van der Waals surface area contributed by atoms with Gasteiger partial charge in [-0.15, -0.1) is 0 Å². The number of carboxylic acid groups (broad SMARTS) is 1. The van der Waals surface area contributed by atoms with Crippen molar-refractivity contribution in [2.75, 3.05) is 26.2 Å². The van der Waals surface area contributed by atoms with E-state index in [1.807, 2.05) is 18.7 Å². The number of piperidine rings is 1. The highest BCUT2D eigenvalue weighted by Gasteiger charge is 2.35. The zero-order valence-corrected chi connectivity index (χ0v) is 16.7. The standard InChI is InChI=1S/C19H28N2O5S/c1-3-11-20(12-4-2)18(22)15-9-13-21(14-10-15)27(25,26)17-8-6-5-7-16(17)19(23)24/h5-8,15H,3-4,9-14H2,1-2H3,(H,23,24). The number of rotatable bonds is 8. The third-order valence-electron chi connectivity index (χ3n) is 4.84. The average Bonchev–Trinajstić information content (AvgIpc) is 2.67. The first-order valence-corrected chi connectivity index (χ1v) is 10.9. The number of carboxylic acids is 1. The quantitative estimate of drug-likeness (QED) is 0.728. The molecule has 0 aliphatic carbocycles. The summed E-state index contributed by atoms with van der Waals surface area (Å²) in [7, 11) is -3.90. The van der Waals surface area contributed by atoms with E-state index in [4.69, 9.17) is 0 Å². The van der Waals surface area contributed by atoms with E-state index in [0.29, 0.717) is 12.8 Å². The Morgan fingerprint density at radius 2 is 1.67 bits per heavy atom. The second-order valence-electron chi connectivity index (χ2n) is 6.80. The summed E-state index contributed by atoms with van der Waals surface area (Å²) >= 11 is 0. The summed E-state index contributed by atoms with van der Waals surface area (Å²) in [5.74, 6) is -1.35. The predicted octanol–water partition coefficient (Wildman–Crippen LogP) is 2.43. The van der Waals surface area contributed by atoms with Gasteiger partial charge < -0.3 is 10.0 Å². The first-order valence-electron chi connectivity index (χ1n) is 9.44. The number of carbonyl (C=O) groups excluding carboxylic acids is 1. The minimum absolute atomic E-state index is 0.0988. The fraction of sp³-hybridized carbons (Fsp3) is 0.579. The third kappa shape index (κ3) is 4.87. The lowest BCUT2D eigenvalue weighted by Gasteiger charge is -2.33. The van der Waals surface area contributed by atoms with Crippen molar-refractivity contribution in [2.24, 2.45) is 5.92 Å². The summed E-state index contributed by atoms with van der Waals surface area (Å²) in [6, 6.07) is 5.63. The Balaban J connectivity index is 2.11. The van der Waals surface area contributed by atoms with E-state index in [0.717, 1.165) is 25.9 Å². The predicted molar refractivity (Wildman–Crippen MR) is 102 cm³/mol. The normalized spacial score (nSPS) is 16.2. The first-order chi connectivity index (χ1) is 12.8. The number of hydrogen-bond donors (Lipinski definition) is 1. The van der Waals surface area contributed by atoms with E-state index in [1.54, 1.807) is 0 Å². The highest BCUT2D eigenvalue weighted by molar-refractivity contribution is 7.89. The molecule has 0 aromatic heterocycles. The maximum Gasteiger partial charge on any atom is 0.337 e. The maximum atomic E-state index is 12.9. The number of hydrogen-bond acceptors (Lipinski definition) is 4. The summed E-state index contributed by atoms with van der Waals surface area (Å²) in [5, 5.41) is 9.27. The topological polar surface area (TPSA) is 95.0 Å². The highest BCUT2D eigenvalue weighted by atomic mass is 32.2. The summed E-state index contributed by atoms with van der Waals surface area (Å²) in [6.07, 6.45) is 2.70. The molecule has 1 aliphatic rings. The zero-order valence-electron chi connectivity index (χ0n) is 15.9. The Morgan fingerprint density at radius 3 is 2.19 bits per heavy atom. The van der Waals surface area contributed by atoms with Crippen molar-refractivity contribution in [3.05, 3.63) is 29.8 Å². The lowest BCUT2D eigenvalue weighted by atomic mass is 9.96. The fourth-order valence-electron chi connectivity index (χ4n) is 3.48. The molecular weight excluding hydrogens is 368 g/mol. The molecule has 0 atom stereocenters. The molecule has 7 nitrogen and oxygen atoms in total. The number of benzene rings is 1. The molecule has 0 spiro atoms. The van der Waals surface area contributed by atoms with E-state index >= 15 is 0 Å². The van der Waals surface area contributed by atoms with Crippen LogP contribution in [0.25, 0.3) is 0 Å². The van der Waals surface area contributed by atoms with Crippen LogP contribution in [0.3, 0.4) is 0 Å². The van der Waals surface area contributed by atoms with Gasteiger partial charge in [0.15, 0.2) is 0 Å². The van der Waals surface area contributed by atoms with E-state index in [-0.39, 0.29) is 35.4 Å². The molecule has 1 heterocycles. The van der Waals surface area contributed by atoms with Gasteiger partial charge in [-0.3, -0.25) is 4.79 Å². The van der Waals surface area contributed by atoms with Crippen LogP contribution >= 0.6 is 0 Å². The molecule has 1 saturated heterocycles. The third-order valence-corrected chi connectivity index (χ3v) is 6.79. The summed E-state index contributed by atoms with van der Waals surface area (Å²) in [6.45, 7) is 5.95. The molecule has 1 amide bonds. The number of nitrogens with zero attached hydrogens (tertiary/aromatic N) is 2. The molecular formula is C19H28N2O5S. The van der Waals surface area contributed by atoms with Crippen LogP contribution in [-0.2, 0) is 14.8 Å². The molecule has 1 aromatic carbocycles. The Morgan fingerprint density at radius 1 is 1.11 bits per heavy atom. The van der Waals surface area contributed by atoms with E-state index < -0.39 is 16.0 Å². The minimum Gasteiger partial charge on any atom is -0.478 e. The second-order valence-corrected chi connectivity index (χ2v) is 8.71. The molecule has 1 aromatic rings. The Kier molecular flexibility index (Phi) is 7.38. The SMILES string of the molecule is CCCN(CCC)C(=O)C1CCN(S(=O)(=O)c2ccccc2C(=O)O)CC1. The van der Waals surface area contributed by atoms with Gasteiger partial charge in [-0.25, -0.2) is 13.2 Å². The molecule has 0 radical (unpaired) electrons. The van der Waals surface area contributed by atoms with Crippen LogP contribution in [0.1, 0.15) is 49.9 Å². The number of amides is 1. The Hall–Kier alpha value is -1.93. The largest absolute Gasteiger partial charge is 0.478 e. The Labute approximate surface area is 161 Å². The van der Waals surface area contributed by atoms with Crippen LogP contribution in [0.2, 0.25) is 0 Å². The molecule has 1 fully saturated rings. The smallest absolute Gasteiger partial charge is 0.337 e. The molecule has 27 heavy (non-hydrogen) atoms. The molecule has 8 heteroatoms. The average molecular weight is 397 g/mol. The number of sulfonamides is 1. The van der Waals surface area contributed by atoms with Crippen molar-refractivity contribution in [1.29, 1.82) is 0 Å². The van der Waals surface area contributed by atoms with Crippen LogP contribution in [0.4, 0.5) is 0 Å². The van der Waals surface area contributed by atoms with Crippen molar-refractivity contribution < 1.29 is 23.1 Å². The van der Waals surface area contributed by atoms with Crippen LogP contribution in [0.15, 0.2) is 29.2 Å². The maximum absolute atomic E-state index is 12.9. The van der Waals surface area contributed by atoms with Crippen LogP contribution in [0, 0.1) is 5.92 Å². The van der Waals surface area contributed by atoms with Gasteiger partial charge in [0.2, 0.25) is 15.9 Å². The lowest BCUT2D eigenvalue weighted by Crippen LogP contribution is -2.45. The van der Waals surface area contributed by atoms with Gasteiger partial charge in [0.25, 0.3) is 0 Å². The van der Waals surface area contributed by atoms with Gasteiger partial charge in [-0.2, -0.15) is 4.31 Å². The summed E-state index contributed by atoms with van der Waals surface area (Å²) < 4.78 is 27.1. The van der Waals surface area contributed by atoms with Crippen molar-refractivity contribution in [3.8, 4) is 0 Å². The minimum atomic E-state index is -3.90. The van der Waals surface area contributed by atoms with E-state index in [9.17, 15) is 23.1 Å².